The highest BCUT2D eigenvalue weighted by Gasteiger charge is 2.31. The lowest BCUT2D eigenvalue weighted by atomic mass is 10.1. The number of hydrogen-bond donors (Lipinski definition) is 1. The molecule has 1 heterocycles. The number of rotatable bonds is 11. The van der Waals surface area contributed by atoms with E-state index in [1.54, 1.807) is 37.3 Å². The molecule has 1 saturated heterocycles. The Balaban J connectivity index is 1.57. The third kappa shape index (κ3) is 6.96. The molecule has 1 fully saturated rings. The topological polar surface area (TPSA) is 122 Å². The van der Waals surface area contributed by atoms with Gasteiger partial charge in [-0.05, 0) is 55.3 Å². The number of morpholine rings is 1. The van der Waals surface area contributed by atoms with E-state index in [2.05, 4.69) is 5.32 Å². The maximum Gasteiger partial charge on any atom is 0.244 e. The van der Waals surface area contributed by atoms with Gasteiger partial charge in [0.25, 0.3) is 0 Å². The molecule has 10 nitrogen and oxygen atoms in total. The van der Waals surface area contributed by atoms with Gasteiger partial charge in [0.2, 0.25) is 26.0 Å². The Bertz CT molecular complexity index is 1240. The van der Waals surface area contributed by atoms with Crippen molar-refractivity contribution in [3.8, 4) is 5.75 Å². The summed E-state index contributed by atoms with van der Waals surface area (Å²) in [6.45, 7) is 5.26. The van der Waals surface area contributed by atoms with Gasteiger partial charge < -0.3 is 14.8 Å². The second-order valence-corrected chi connectivity index (χ2v) is 12.2. The van der Waals surface area contributed by atoms with Crippen LogP contribution in [0.15, 0.2) is 53.4 Å². The molecule has 2 aromatic rings. The number of nitrogens with one attached hydrogen (secondary N) is 1. The zero-order valence-corrected chi connectivity index (χ0v) is 22.3. The fraction of sp³-hybridized carbons (Fsp3) is 0.458. The van der Waals surface area contributed by atoms with E-state index in [4.69, 9.17) is 9.47 Å². The molecule has 2 aromatic carbocycles. The number of anilines is 1. The summed E-state index contributed by atoms with van der Waals surface area (Å²) in [5.41, 5.74) is 1.32. The van der Waals surface area contributed by atoms with Gasteiger partial charge in [-0.3, -0.25) is 9.10 Å². The average Bonchev–Trinajstić information content (AvgIpc) is 2.85. The van der Waals surface area contributed by atoms with Crippen molar-refractivity contribution < 1.29 is 31.1 Å². The van der Waals surface area contributed by atoms with E-state index in [1.165, 1.54) is 16.4 Å². The number of benzene rings is 2. The number of sulfonamides is 2. The number of hydrogen-bond acceptors (Lipinski definition) is 7. The Morgan fingerprint density at radius 1 is 1.11 bits per heavy atom. The Labute approximate surface area is 213 Å². The van der Waals surface area contributed by atoms with Crippen LogP contribution in [0.2, 0.25) is 0 Å². The monoisotopic (exact) mass is 539 g/mol. The third-order valence-electron chi connectivity index (χ3n) is 5.69. The second-order valence-electron chi connectivity index (χ2n) is 8.45. The molecule has 0 aliphatic carbocycles. The number of amides is 1. The minimum atomic E-state index is -3.71. The number of carbonyl (C=O) groups is 1. The third-order valence-corrected chi connectivity index (χ3v) is 8.78. The lowest BCUT2D eigenvalue weighted by Gasteiger charge is -2.30. The second kappa shape index (κ2) is 12.0. The molecule has 36 heavy (non-hydrogen) atoms. The van der Waals surface area contributed by atoms with E-state index >= 15 is 0 Å². The van der Waals surface area contributed by atoms with Crippen LogP contribution in [0.3, 0.4) is 0 Å². The number of nitrogens with zero attached hydrogens (tertiary/aromatic N) is 2. The largest absolute Gasteiger partial charge is 0.492 e. The standard InChI is InChI=1S/C24H33N3O7S2/c1-4-23(27(35(3,29)30)20-7-5-6-19(2)18-20)24(28)25-12-15-34-21-8-10-22(11-9-21)36(31,32)26-13-16-33-17-14-26/h5-11,18,23H,4,12-17H2,1-3H3,(H,25,28)/t23-/m1/s1. The fourth-order valence-corrected chi connectivity index (χ4v) is 6.54. The van der Waals surface area contributed by atoms with E-state index in [-0.39, 0.29) is 24.5 Å². The number of carbonyl (C=O) groups excluding carboxylic acids is 1. The maximum absolute atomic E-state index is 12.9. The molecule has 1 aliphatic rings. The van der Waals surface area contributed by atoms with Crippen LogP contribution in [0.25, 0.3) is 0 Å². The molecule has 12 heteroatoms. The Morgan fingerprint density at radius 2 is 1.78 bits per heavy atom. The van der Waals surface area contributed by atoms with Crippen molar-refractivity contribution in [3.05, 3.63) is 54.1 Å². The van der Waals surface area contributed by atoms with Gasteiger partial charge in [-0.1, -0.05) is 19.1 Å². The van der Waals surface area contributed by atoms with Crippen molar-refractivity contribution >= 4 is 31.6 Å². The highest BCUT2D eigenvalue weighted by molar-refractivity contribution is 7.92. The van der Waals surface area contributed by atoms with Crippen LogP contribution in [-0.2, 0) is 29.6 Å². The maximum atomic E-state index is 12.9. The van der Waals surface area contributed by atoms with Crippen molar-refractivity contribution in [1.29, 1.82) is 0 Å². The van der Waals surface area contributed by atoms with Crippen LogP contribution in [0.4, 0.5) is 5.69 Å². The Morgan fingerprint density at radius 3 is 2.36 bits per heavy atom. The molecule has 1 N–H and O–H groups in total. The van der Waals surface area contributed by atoms with E-state index in [9.17, 15) is 21.6 Å². The van der Waals surface area contributed by atoms with Crippen molar-refractivity contribution in [1.82, 2.24) is 9.62 Å². The van der Waals surface area contributed by atoms with E-state index in [1.807, 2.05) is 13.0 Å². The van der Waals surface area contributed by atoms with Gasteiger partial charge in [0, 0.05) is 13.1 Å². The van der Waals surface area contributed by atoms with Gasteiger partial charge in [-0.2, -0.15) is 4.31 Å². The van der Waals surface area contributed by atoms with Crippen molar-refractivity contribution in [2.75, 3.05) is 50.0 Å². The first-order valence-corrected chi connectivity index (χ1v) is 15.0. The first kappa shape index (κ1) is 27.9. The molecule has 198 valence electrons. The number of aryl methyl sites for hydroxylation is 1. The summed E-state index contributed by atoms with van der Waals surface area (Å²) in [5.74, 6) is 0.0229. The summed E-state index contributed by atoms with van der Waals surface area (Å²) in [6, 6.07) is 12.2. The molecule has 0 aromatic heterocycles. The lowest BCUT2D eigenvalue weighted by Crippen LogP contribution is -2.50. The quantitative estimate of drug-likeness (QED) is 0.432. The van der Waals surface area contributed by atoms with Gasteiger partial charge in [0.15, 0.2) is 0 Å². The zero-order chi connectivity index (χ0) is 26.3. The minimum Gasteiger partial charge on any atom is -0.492 e. The van der Waals surface area contributed by atoms with Crippen molar-refractivity contribution in [3.63, 3.8) is 0 Å². The predicted octanol–water partition coefficient (Wildman–Crippen LogP) is 1.76. The van der Waals surface area contributed by atoms with Crippen molar-refractivity contribution in [2.24, 2.45) is 0 Å². The van der Waals surface area contributed by atoms with Crippen LogP contribution in [0.5, 0.6) is 5.75 Å². The smallest absolute Gasteiger partial charge is 0.244 e. The van der Waals surface area contributed by atoms with Gasteiger partial charge in [-0.15, -0.1) is 0 Å². The van der Waals surface area contributed by atoms with Crippen LogP contribution in [0.1, 0.15) is 18.9 Å². The first-order valence-electron chi connectivity index (χ1n) is 11.7. The lowest BCUT2D eigenvalue weighted by molar-refractivity contribution is -0.122. The highest BCUT2D eigenvalue weighted by Crippen LogP contribution is 2.24. The molecular weight excluding hydrogens is 506 g/mol. The molecule has 0 radical (unpaired) electrons. The van der Waals surface area contributed by atoms with Gasteiger partial charge in [-0.25, -0.2) is 16.8 Å². The predicted molar refractivity (Wildman–Crippen MR) is 137 cm³/mol. The number of ether oxygens (including phenoxy) is 2. The molecule has 1 amide bonds. The fourth-order valence-electron chi connectivity index (χ4n) is 3.93. The van der Waals surface area contributed by atoms with Gasteiger partial charge in [0.1, 0.15) is 18.4 Å². The van der Waals surface area contributed by atoms with Gasteiger partial charge in [0.05, 0.1) is 36.6 Å². The molecule has 0 saturated carbocycles. The summed E-state index contributed by atoms with van der Waals surface area (Å²) in [7, 11) is -7.29. The minimum absolute atomic E-state index is 0.126. The van der Waals surface area contributed by atoms with Crippen LogP contribution in [-0.4, -0.2) is 78.8 Å². The van der Waals surface area contributed by atoms with Gasteiger partial charge >= 0.3 is 0 Å². The Hall–Kier alpha value is -2.67. The summed E-state index contributed by atoms with van der Waals surface area (Å²) in [5, 5.41) is 2.74. The molecule has 0 bridgehead atoms. The molecule has 1 atom stereocenters. The van der Waals surface area contributed by atoms with Crippen molar-refractivity contribution in [2.45, 2.75) is 31.2 Å². The summed E-state index contributed by atoms with van der Waals surface area (Å²) >= 11 is 0. The average molecular weight is 540 g/mol. The van der Waals surface area contributed by atoms with Crippen LogP contribution >= 0.6 is 0 Å². The highest BCUT2D eigenvalue weighted by atomic mass is 32.2. The Kier molecular flexibility index (Phi) is 9.34. The van der Waals surface area contributed by atoms with Crippen LogP contribution in [0, 0.1) is 6.92 Å². The van der Waals surface area contributed by atoms with E-state index in [0.29, 0.717) is 37.7 Å². The van der Waals surface area contributed by atoms with E-state index < -0.39 is 32.0 Å². The first-order chi connectivity index (χ1) is 17.0. The normalized spacial score (nSPS) is 15.8. The molecular formula is C24H33N3O7S2. The SMILES string of the molecule is CC[C@H](C(=O)NCCOc1ccc(S(=O)(=O)N2CCOCC2)cc1)N(c1cccc(C)c1)S(C)(=O)=O. The molecule has 3 rings (SSSR count). The summed E-state index contributed by atoms with van der Waals surface area (Å²) < 4.78 is 63.9. The van der Waals surface area contributed by atoms with E-state index in [0.717, 1.165) is 16.1 Å². The molecule has 0 unspecified atom stereocenters. The zero-order valence-electron chi connectivity index (χ0n) is 20.7. The van der Waals surface area contributed by atoms with Crippen LogP contribution < -0.4 is 14.4 Å². The molecule has 0 spiro atoms. The molecule has 1 aliphatic heterocycles. The summed E-state index contributed by atoms with van der Waals surface area (Å²) in [4.78, 5) is 13.1. The summed E-state index contributed by atoms with van der Waals surface area (Å²) in [6.07, 6.45) is 1.37.